The molecule has 1 atom stereocenters. The third-order valence-electron chi connectivity index (χ3n) is 4.31. The maximum absolute atomic E-state index is 12.5. The van der Waals surface area contributed by atoms with Crippen LogP contribution in [0.25, 0.3) is 0 Å². The minimum Gasteiger partial charge on any atom is -0.497 e. The van der Waals surface area contributed by atoms with Gasteiger partial charge in [0.2, 0.25) is 5.91 Å². The van der Waals surface area contributed by atoms with Crippen molar-refractivity contribution >= 4 is 11.6 Å². The molecule has 2 heterocycles. The SMILES string of the molecule is COc1ccc2c(c1)CCCN2C(=O)CN1CC[C@H](O)C1. The van der Waals surface area contributed by atoms with E-state index in [1.54, 1.807) is 7.11 Å². The fourth-order valence-corrected chi connectivity index (χ4v) is 3.19. The molecule has 3 rings (SSSR count). The lowest BCUT2D eigenvalue weighted by Crippen LogP contribution is -2.42. The minimum atomic E-state index is -0.282. The van der Waals surface area contributed by atoms with Crippen LogP contribution in [0.1, 0.15) is 18.4 Å². The molecule has 1 N–H and O–H groups in total. The summed E-state index contributed by atoms with van der Waals surface area (Å²) in [4.78, 5) is 16.5. The summed E-state index contributed by atoms with van der Waals surface area (Å²) in [6, 6.07) is 5.91. The first kappa shape index (κ1) is 14.4. The number of carbonyl (C=O) groups excluding carboxylic acids is 1. The third-order valence-corrected chi connectivity index (χ3v) is 4.31. The number of β-amino-alcohol motifs (C(OH)–C–C–N with tert-alkyl or cyclic N) is 1. The summed E-state index contributed by atoms with van der Waals surface area (Å²) < 4.78 is 5.26. The lowest BCUT2D eigenvalue weighted by atomic mass is 10.0. The van der Waals surface area contributed by atoms with E-state index in [0.29, 0.717) is 13.1 Å². The van der Waals surface area contributed by atoms with Gasteiger partial charge in [-0.2, -0.15) is 0 Å². The van der Waals surface area contributed by atoms with Crippen molar-refractivity contribution in [1.29, 1.82) is 0 Å². The van der Waals surface area contributed by atoms with Crippen LogP contribution in [-0.4, -0.2) is 55.3 Å². The molecule has 1 aromatic rings. The number of nitrogens with zero attached hydrogens (tertiary/aromatic N) is 2. The van der Waals surface area contributed by atoms with Gasteiger partial charge in [0.05, 0.1) is 19.8 Å². The zero-order chi connectivity index (χ0) is 14.8. The molecule has 5 heteroatoms. The van der Waals surface area contributed by atoms with Crippen LogP contribution in [0, 0.1) is 0 Å². The number of aliphatic hydroxyl groups excluding tert-OH is 1. The number of amides is 1. The molecule has 114 valence electrons. The Bertz CT molecular complexity index is 532. The van der Waals surface area contributed by atoms with Crippen molar-refractivity contribution in [3.63, 3.8) is 0 Å². The molecule has 2 aliphatic rings. The largest absolute Gasteiger partial charge is 0.497 e. The van der Waals surface area contributed by atoms with Gasteiger partial charge in [-0.15, -0.1) is 0 Å². The Labute approximate surface area is 125 Å². The average molecular weight is 290 g/mol. The number of fused-ring (bicyclic) bond motifs is 1. The number of benzene rings is 1. The quantitative estimate of drug-likeness (QED) is 0.904. The molecular formula is C16H22N2O3. The normalized spacial score (nSPS) is 22.2. The second-order valence-corrected chi connectivity index (χ2v) is 5.82. The van der Waals surface area contributed by atoms with Gasteiger partial charge in [0.25, 0.3) is 0 Å². The molecule has 0 unspecified atom stereocenters. The highest BCUT2D eigenvalue weighted by molar-refractivity contribution is 5.96. The van der Waals surface area contributed by atoms with E-state index < -0.39 is 0 Å². The fourth-order valence-electron chi connectivity index (χ4n) is 3.19. The van der Waals surface area contributed by atoms with Crippen LogP contribution in [0.4, 0.5) is 5.69 Å². The molecule has 1 amide bonds. The lowest BCUT2D eigenvalue weighted by Gasteiger charge is -2.31. The number of anilines is 1. The van der Waals surface area contributed by atoms with Gasteiger partial charge in [0, 0.05) is 25.3 Å². The van der Waals surface area contributed by atoms with Crippen molar-refractivity contribution in [2.75, 3.05) is 38.2 Å². The van der Waals surface area contributed by atoms with E-state index in [1.165, 1.54) is 5.56 Å². The molecule has 2 aliphatic heterocycles. The second kappa shape index (κ2) is 6.03. The van der Waals surface area contributed by atoms with Crippen molar-refractivity contribution in [2.45, 2.75) is 25.4 Å². The summed E-state index contributed by atoms with van der Waals surface area (Å²) in [5.41, 5.74) is 2.18. The summed E-state index contributed by atoms with van der Waals surface area (Å²) >= 11 is 0. The van der Waals surface area contributed by atoms with Crippen molar-refractivity contribution in [3.05, 3.63) is 23.8 Å². The monoisotopic (exact) mass is 290 g/mol. The maximum atomic E-state index is 12.5. The number of likely N-dealkylation sites (tertiary alicyclic amines) is 1. The second-order valence-electron chi connectivity index (χ2n) is 5.82. The highest BCUT2D eigenvalue weighted by Crippen LogP contribution is 2.30. The molecule has 0 aliphatic carbocycles. The fraction of sp³-hybridized carbons (Fsp3) is 0.562. The highest BCUT2D eigenvalue weighted by atomic mass is 16.5. The van der Waals surface area contributed by atoms with Crippen LogP contribution < -0.4 is 9.64 Å². The van der Waals surface area contributed by atoms with Crippen molar-refractivity contribution in [3.8, 4) is 5.75 Å². The van der Waals surface area contributed by atoms with Crippen LogP contribution in [0.15, 0.2) is 18.2 Å². The van der Waals surface area contributed by atoms with Gasteiger partial charge in [-0.05, 0) is 43.0 Å². The van der Waals surface area contributed by atoms with Crippen LogP contribution in [0.5, 0.6) is 5.75 Å². The van der Waals surface area contributed by atoms with Crippen molar-refractivity contribution in [2.24, 2.45) is 0 Å². The first-order valence-electron chi connectivity index (χ1n) is 7.55. The summed E-state index contributed by atoms with van der Waals surface area (Å²) in [6.45, 7) is 2.57. The molecule has 21 heavy (non-hydrogen) atoms. The van der Waals surface area contributed by atoms with E-state index in [0.717, 1.165) is 43.8 Å². The maximum Gasteiger partial charge on any atom is 0.241 e. The van der Waals surface area contributed by atoms with E-state index in [-0.39, 0.29) is 12.0 Å². The molecule has 0 aromatic heterocycles. The predicted molar refractivity (Wildman–Crippen MR) is 80.7 cm³/mol. The molecular weight excluding hydrogens is 268 g/mol. The molecule has 0 spiro atoms. The van der Waals surface area contributed by atoms with Crippen LogP contribution >= 0.6 is 0 Å². The van der Waals surface area contributed by atoms with E-state index in [2.05, 4.69) is 0 Å². The Morgan fingerprint density at radius 2 is 2.29 bits per heavy atom. The Hall–Kier alpha value is -1.59. The van der Waals surface area contributed by atoms with Crippen molar-refractivity contribution < 1.29 is 14.6 Å². The van der Waals surface area contributed by atoms with Gasteiger partial charge in [0.15, 0.2) is 0 Å². The number of aliphatic hydroxyl groups is 1. The van der Waals surface area contributed by atoms with E-state index in [9.17, 15) is 9.90 Å². The van der Waals surface area contributed by atoms with Gasteiger partial charge >= 0.3 is 0 Å². The van der Waals surface area contributed by atoms with Gasteiger partial charge in [-0.3, -0.25) is 9.69 Å². The Kier molecular flexibility index (Phi) is 4.12. The topological polar surface area (TPSA) is 53.0 Å². The summed E-state index contributed by atoms with van der Waals surface area (Å²) in [6.07, 6.45) is 2.45. The molecule has 0 saturated carbocycles. The van der Waals surface area contributed by atoms with Gasteiger partial charge in [-0.25, -0.2) is 0 Å². The molecule has 1 fully saturated rings. The Morgan fingerprint density at radius 3 is 3.00 bits per heavy atom. The van der Waals surface area contributed by atoms with Gasteiger partial charge in [-0.1, -0.05) is 0 Å². The number of aryl methyl sites for hydroxylation is 1. The van der Waals surface area contributed by atoms with Crippen LogP contribution in [-0.2, 0) is 11.2 Å². The number of ether oxygens (including phenoxy) is 1. The first-order valence-corrected chi connectivity index (χ1v) is 7.55. The zero-order valence-electron chi connectivity index (χ0n) is 12.4. The molecule has 0 bridgehead atoms. The number of hydrogen-bond acceptors (Lipinski definition) is 4. The highest BCUT2D eigenvalue weighted by Gasteiger charge is 2.27. The van der Waals surface area contributed by atoms with E-state index in [4.69, 9.17) is 4.74 Å². The van der Waals surface area contributed by atoms with Crippen molar-refractivity contribution in [1.82, 2.24) is 4.90 Å². The summed E-state index contributed by atoms with van der Waals surface area (Å²) in [5, 5.41) is 9.56. The standard InChI is InChI=1S/C16H22N2O3/c1-21-14-4-5-15-12(9-14)3-2-7-18(15)16(20)11-17-8-6-13(19)10-17/h4-5,9,13,19H,2-3,6-8,10-11H2,1H3/t13-/m0/s1. The Morgan fingerprint density at radius 1 is 1.43 bits per heavy atom. The number of hydrogen-bond donors (Lipinski definition) is 1. The zero-order valence-corrected chi connectivity index (χ0v) is 12.4. The first-order chi connectivity index (χ1) is 10.2. The molecule has 5 nitrogen and oxygen atoms in total. The van der Waals surface area contributed by atoms with Gasteiger partial charge in [0.1, 0.15) is 5.75 Å². The average Bonchev–Trinajstić information content (AvgIpc) is 2.91. The lowest BCUT2D eigenvalue weighted by molar-refractivity contribution is -0.119. The molecule has 0 radical (unpaired) electrons. The van der Waals surface area contributed by atoms with E-state index >= 15 is 0 Å². The van der Waals surface area contributed by atoms with Gasteiger partial charge < -0.3 is 14.7 Å². The summed E-state index contributed by atoms with van der Waals surface area (Å²) in [5.74, 6) is 0.959. The number of rotatable bonds is 3. The molecule has 1 saturated heterocycles. The molecule has 1 aromatic carbocycles. The summed E-state index contributed by atoms with van der Waals surface area (Å²) in [7, 11) is 1.66. The van der Waals surface area contributed by atoms with Crippen LogP contribution in [0.3, 0.4) is 0 Å². The van der Waals surface area contributed by atoms with Crippen LogP contribution in [0.2, 0.25) is 0 Å². The number of carbonyl (C=O) groups is 1. The van der Waals surface area contributed by atoms with E-state index in [1.807, 2.05) is 28.0 Å². The predicted octanol–water partition coefficient (Wildman–Crippen LogP) is 1.04. The number of methoxy groups -OCH3 is 1. The smallest absolute Gasteiger partial charge is 0.241 e. The third kappa shape index (κ3) is 3.04. The minimum absolute atomic E-state index is 0.121. The Balaban J connectivity index is 1.73.